The zero-order valence-electron chi connectivity index (χ0n) is 19.1. The van der Waals surface area contributed by atoms with Crippen molar-refractivity contribution in [3.63, 3.8) is 0 Å². The highest BCUT2D eigenvalue weighted by Crippen LogP contribution is 2.24. The first-order chi connectivity index (χ1) is 15.1. The molecule has 164 valence electrons. The van der Waals surface area contributed by atoms with E-state index in [1.807, 2.05) is 25.1 Å². The van der Waals surface area contributed by atoms with Gasteiger partial charge < -0.3 is 9.64 Å². The maximum atomic E-state index is 12.9. The molecule has 5 heteroatoms. The molecule has 1 aliphatic heterocycles. The Morgan fingerprint density at radius 2 is 1.71 bits per heavy atom. The first-order valence-electron chi connectivity index (χ1n) is 11.1. The van der Waals surface area contributed by atoms with Crippen LogP contribution in [0.25, 0.3) is 6.08 Å². The lowest BCUT2D eigenvalue weighted by atomic mass is 10.1. The molecule has 1 amide bonds. The van der Waals surface area contributed by atoms with E-state index in [0.29, 0.717) is 19.5 Å². The Balaban J connectivity index is 1.69. The Morgan fingerprint density at radius 1 is 1.03 bits per heavy atom. The number of carbonyl (C=O) groups is 1. The Bertz CT molecular complexity index is 926. The summed E-state index contributed by atoms with van der Waals surface area (Å²) in [6, 6.07) is 16.5. The average molecular weight is 420 g/mol. The van der Waals surface area contributed by atoms with Crippen LogP contribution in [0.15, 0.2) is 59.1 Å². The van der Waals surface area contributed by atoms with Gasteiger partial charge in [0.1, 0.15) is 11.6 Å². The summed E-state index contributed by atoms with van der Waals surface area (Å²) < 4.78 is 5.21. The van der Waals surface area contributed by atoms with E-state index in [-0.39, 0.29) is 5.91 Å². The van der Waals surface area contributed by atoms with Gasteiger partial charge in [0.2, 0.25) is 0 Å². The summed E-state index contributed by atoms with van der Waals surface area (Å²) in [5.74, 6) is 1.79. The Morgan fingerprint density at radius 3 is 2.29 bits per heavy atom. The molecule has 2 aromatic rings. The van der Waals surface area contributed by atoms with Crippen molar-refractivity contribution in [3.05, 3.63) is 65.2 Å². The summed E-state index contributed by atoms with van der Waals surface area (Å²) in [5, 5.41) is 0. The van der Waals surface area contributed by atoms with E-state index in [1.54, 1.807) is 12.0 Å². The molecule has 0 spiro atoms. The number of aliphatic imine (C=N–C) groups is 1. The fraction of sp³-hybridized carbons (Fsp3) is 0.385. The van der Waals surface area contributed by atoms with Crippen molar-refractivity contribution >= 4 is 23.5 Å². The van der Waals surface area contributed by atoms with Gasteiger partial charge in [0.25, 0.3) is 5.91 Å². The summed E-state index contributed by atoms with van der Waals surface area (Å²) >= 11 is 0. The Kier molecular flexibility index (Phi) is 7.88. The standard InChI is InChI=1S/C26H33N3O2/c1-5-28(6-2)23-12-8-21(9-13-23)18-22-19-25(29(7-3)26(22)30)27-17-16-20-10-14-24(31-4)15-11-20/h8-15,18H,5-7,16-17,19H2,1-4H3/b22-18-,27-25+. The highest BCUT2D eigenvalue weighted by Gasteiger charge is 2.30. The fourth-order valence-electron chi connectivity index (χ4n) is 3.89. The second kappa shape index (κ2) is 10.8. The maximum absolute atomic E-state index is 12.9. The quantitative estimate of drug-likeness (QED) is 0.548. The zero-order valence-corrected chi connectivity index (χ0v) is 19.1. The number of ether oxygens (including phenoxy) is 1. The van der Waals surface area contributed by atoms with E-state index in [9.17, 15) is 4.79 Å². The van der Waals surface area contributed by atoms with Crippen molar-refractivity contribution in [1.29, 1.82) is 0 Å². The van der Waals surface area contributed by atoms with Gasteiger partial charge in [-0.05, 0) is 68.7 Å². The van der Waals surface area contributed by atoms with Gasteiger partial charge in [-0.2, -0.15) is 0 Å². The molecule has 0 unspecified atom stereocenters. The van der Waals surface area contributed by atoms with Crippen LogP contribution in [0.3, 0.4) is 0 Å². The van der Waals surface area contributed by atoms with E-state index in [0.717, 1.165) is 42.2 Å². The summed E-state index contributed by atoms with van der Waals surface area (Å²) in [4.78, 5) is 21.7. The third-order valence-electron chi connectivity index (χ3n) is 5.71. The van der Waals surface area contributed by atoms with Crippen molar-refractivity contribution in [1.82, 2.24) is 4.90 Å². The van der Waals surface area contributed by atoms with Crippen molar-refractivity contribution in [3.8, 4) is 5.75 Å². The molecule has 3 rings (SSSR count). The number of benzene rings is 2. The Hall–Kier alpha value is -3.08. The molecule has 0 aromatic heterocycles. The molecule has 0 N–H and O–H groups in total. The summed E-state index contributed by atoms with van der Waals surface area (Å²) in [7, 11) is 1.67. The van der Waals surface area contributed by atoms with Gasteiger partial charge in [0.15, 0.2) is 0 Å². The monoisotopic (exact) mass is 419 g/mol. The van der Waals surface area contributed by atoms with Gasteiger partial charge in [-0.3, -0.25) is 14.7 Å². The minimum atomic E-state index is 0.0681. The van der Waals surface area contributed by atoms with Crippen LogP contribution in [0.1, 0.15) is 38.3 Å². The molecule has 1 heterocycles. The number of methoxy groups -OCH3 is 1. The number of likely N-dealkylation sites (N-methyl/N-ethyl adjacent to an activating group) is 1. The molecule has 0 radical (unpaired) electrons. The van der Waals surface area contributed by atoms with Crippen LogP contribution in [-0.4, -0.2) is 49.9 Å². The van der Waals surface area contributed by atoms with Gasteiger partial charge in [-0.15, -0.1) is 0 Å². The topological polar surface area (TPSA) is 45.1 Å². The highest BCUT2D eigenvalue weighted by molar-refractivity contribution is 6.17. The van der Waals surface area contributed by atoms with E-state index in [1.165, 1.54) is 11.3 Å². The molecule has 1 aliphatic rings. The predicted octanol–water partition coefficient (Wildman–Crippen LogP) is 4.82. The second-order valence-corrected chi connectivity index (χ2v) is 7.56. The van der Waals surface area contributed by atoms with Gasteiger partial charge in [0.05, 0.1) is 7.11 Å². The van der Waals surface area contributed by atoms with Crippen LogP contribution >= 0.6 is 0 Å². The van der Waals surface area contributed by atoms with E-state index < -0.39 is 0 Å². The van der Waals surface area contributed by atoms with E-state index >= 15 is 0 Å². The number of hydrogen-bond donors (Lipinski definition) is 0. The number of hydrogen-bond acceptors (Lipinski definition) is 4. The smallest absolute Gasteiger partial charge is 0.255 e. The number of likely N-dealkylation sites (tertiary alicyclic amines) is 1. The summed E-state index contributed by atoms with van der Waals surface area (Å²) in [5.41, 5.74) is 4.28. The fourth-order valence-corrected chi connectivity index (χ4v) is 3.89. The van der Waals surface area contributed by atoms with Gasteiger partial charge in [-0.25, -0.2) is 0 Å². The zero-order chi connectivity index (χ0) is 22.2. The van der Waals surface area contributed by atoms with Crippen molar-refractivity contribution < 1.29 is 9.53 Å². The number of anilines is 1. The molecule has 1 saturated heterocycles. The number of rotatable bonds is 9. The van der Waals surface area contributed by atoms with E-state index in [4.69, 9.17) is 9.73 Å². The summed E-state index contributed by atoms with van der Waals surface area (Å²) in [6.45, 7) is 9.58. The SMILES string of the molecule is CCN1C(=O)/C(=C\c2ccc(N(CC)CC)cc2)C/C1=N\CCc1ccc(OC)cc1. The van der Waals surface area contributed by atoms with E-state index in [2.05, 4.69) is 55.1 Å². The Labute approximate surface area is 186 Å². The van der Waals surface area contributed by atoms with Crippen molar-refractivity contribution in [2.45, 2.75) is 33.6 Å². The van der Waals surface area contributed by atoms with Gasteiger partial charge in [-0.1, -0.05) is 24.3 Å². The molecule has 31 heavy (non-hydrogen) atoms. The lowest BCUT2D eigenvalue weighted by Gasteiger charge is -2.20. The molecule has 2 aromatic carbocycles. The predicted molar refractivity (Wildman–Crippen MR) is 129 cm³/mol. The lowest BCUT2D eigenvalue weighted by Crippen LogP contribution is -2.29. The first kappa shape index (κ1) is 22.6. The molecule has 0 atom stereocenters. The molecular formula is C26H33N3O2. The van der Waals surface area contributed by atoms with Gasteiger partial charge in [0, 0.05) is 43.9 Å². The van der Waals surface area contributed by atoms with Crippen LogP contribution in [0.2, 0.25) is 0 Å². The normalized spacial score (nSPS) is 16.4. The molecule has 0 aliphatic carbocycles. The third-order valence-corrected chi connectivity index (χ3v) is 5.71. The number of amidine groups is 1. The highest BCUT2D eigenvalue weighted by atomic mass is 16.5. The van der Waals surface area contributed by atoms with Gasteiger partial charge >= 0.3 is 0 Å². The molecule has 0 saturated carbocycles. The first-order valence-corrected chi connectivity index (χ1v) is 11.1. The minimum Gasteiger partial charge on any atom is -0.497 e. The van der Waals surface area contributed by atoms with Crippen molar-refractivity contribution in [2.24, 2.45) is 4.99 Å². The average Bonchev–Trinajstić information content (AvgIpc) is 3.10. The van der Waals surface area contributed by atoms with Crippen LogP contribution in [0.5, 0.6) is 5.75 Å². The molecule has 0 bridgehead atoms. The molecule has 5 nitrogen and oxygen atoms in total. The minimum absolute atomic E-state index is 0.0681. The molecular weight excluding hydrogens is 386 g/mol. The summed E-state index contributed by atoms with van der Waals surface area (Å²) in [6.07, 6.45) is 3.43. The number of carbonyl (C=O) groups excluding carboxylic acids is 1. The van der Waals surface area contributed by atoms with Crippen LogP contribution < -0.4 is 9.64 Å². The number of amides is 1. The van der Waals surface area contributed by atoms with Crippen LogP contribution in [0, 0.1) is 0 Å². The third kappa shape index (κ3) is 5.54. The second-order valence-electron chi connectivity index (χ2n) is 7.56. The largest absolute Gasteiger partial charge is 0.497 e. The number of nitrogens with zero attached hydrogens (tertiary/aromatic N) is 3. The van der Waals surface area contributed by atoms with Crippen LogP contribution in [0.4, 0.5) is 5.69 Å². The van der Waals surface area contributed by atoms with Crippen molar-refractivity contribution in [2.75, 3.05) is 38.2 Å². The lowest BCUT2D eigenvalue weighted by molar-refractivity contribution is -0.122. The van der Waals surface area contributed by atoms with Crippen LogP contribution in [-0.2, 0) is 11.2 Å². The molecule has 1 fully saturated rings. The maximum Gasteiger partial charge on any atom is 0.255 e.